The molecular formula is C16H28N4O2. The van der Waals surface area contributed by atoms with E-state index in [2.05, 4.69) is 15.1 Å². The van der Waals surface area contributed by atoms with Gasteiger partial charge < -0.3 is 10.2 Å². The molecule has 0 unspecified atom stereocenters. The summed E-state index contributed by atoms with van der Waals surface area (Å²) >= 11 is 0. The first-order valence-corrected chi connectivity index (χ1v) is 8.62. The molecule has 3 heterocycles. The molecule has 0 bridgehead atoms. The molecule has 3 saturated heterocycles. The van der Waals surface area contributed by atoms with Gasteiger partial charge in [0.2, 0.25) is 0 Å². The molecule has 3 amide bonds. The quantitative estimate of drug-likeness (QED) is 0.783. The fourth-order valence-electron chi connectivity index (χ4n) is 3.93. The van der Waals surface area contributed by atoms with Crippen LogP contribution in [-0.4, -0.2) is 77.5 Å². The standard InChI is InChI=1S/C16H28N4O2/c1-13(2)20-14(21)16(17-15(20)22)6-9-19(12-16)11-10-18-7-4-3-5-8-18/h13H,3-12H2,1-2H3,(H,17,22)/t16-/m0/s1. The van der Waals surface area contributed by atoms with Crippen molar-refractivity contribution < 1.29 is 9.59 Å². The van der Waals surface area contributed by atoms with Gasteiger partial charge in [0.05, 0.1) is 0 Å². The number of urea groups is 1. The number of nitrogens with one attached hydrogen (secondary N) is 1. The van der Waals surface area contributed by atoms with E-state index in [4.69, 9.17) is 0 Å². The number of carbonyl (C=O) groups excluding carboxylic acids is 2. The van der Waals surface area contributed by atoms with Crippen LogP contribution in [0.5, 0.6) is 0 Å². The number of imide groups is 1. The van der Waals surface area contributed by atoms with Gasteiger partial charge in [-0.15, -0.1) is 0 Å². The van der Waals surface area contributed by atoms with Crippen molar-refractivity contribution >= 4 is 11.9 Å². The van der Waals surface area contributed by atoms with Crippen LogP contribution in [0.3, 0.4) is 0 Å². The van der Waals surface area contributed by atoms with E-state index < -0.39 is 5.54 Å². The summed E-state index contributed by atoms with van der Waals surface area (Å²) in [6, 6.07) is -0.299. The number of nitrogens with zero attached hydrogens (tertiary/aromatic N) is 3. The Kier molecular flexibility index (Phi) is 4.41. The van der Waals surface area contributed by atoms with Gasteiger partial charge in [-0.05, 0) is 46.2 Å². The van der Waals surface area contributed by atoms with Crippen LogP contribution >= 0.6 is 0 Å². The number of amides is 3. The number of rotatable bonds is 4. The Morgan fingerprint density at radius 3 is 2.36 bits per heavy atom. The molecule has 6 nitrogen and oxygen atoms in total. The molecule has 1 N–H and O–H groups in total. The molecule has 0 aromatic carbocycles. The van der Waals surface area contributed by atoms with Crippen molar-refractivity contribution in [2.24, 2.45) is 0 Å². The van der Waals surface area contributed by atoms with Crippen molar-refractivity contribution in [1.29, 1.82) is 0 Å². The van der Waals surface area contributed by atoms with Crippen molar-refractivity contribution in [3.63, 3.8) is 0 Å². The van der Waals surface area contributed by atoms with Crippen LogP contribution in [0.15, 0.2) is 0 Å². The lowest BCUT2D eigenvalue weighted by Crippen LogP contribution is -2.50. The van der Waals surface area contributed by atoms with Gasteiger partial charge in [0.1, 0.15) is 5.54 Å². The maximum atomic E-state index is 12.6. The second-order valence-corrected chi connectivity index (χ2v) is 7.21. The van der Waals surface area contributed by atoms with Gasteiger partial charge in [-0.3, -0.25) is 14.6 Å². The lowest BCUT2D eigenvalue weighted by Gasteiger charge is -2.29. The lowest BCUT2D eigenvalue weighted by molar-refractivity contribution is -0.132. The Balaban J connectivity index is 1.55. The number of likely N-dealkylation sites (tertiary alicyclic amines) is 2. The number of piperidine rings is 1. The maximum Gasteiger partial charge on any atom is 0.325 e. The van der Waals surface area contributed by atoms with E-state index in [1.54, 1.807) is 0 Å². The SMILES string of the molecule is CC(C)N1C(=O)N[C@]2(CCN(CCN3CCCCC3)C2)C1=O. The van der Waals surface area contributed by atoms with Crippen molar-refractivity contribution in [1.82, 2.24) is 20.0 Å². The molecule has 3 rings (SSSR count). The van der Waals surface area contributed by atoms with Gasteiger partial charge in [-0.2, -0.15) is 0 Å². The van der Waals surface area contributed by atoms with Crippen LogP contribution in [0.1, 0.15) is 39.5 Å². The van der Waals surface area contributed by atoms with Crippen LogP contribution < -0.4 is 5.32 Å². The predicted octanol–water partition coefficient (Wildman–Crippen LogP) is 0.877. The zero-order valence-corrected chi connectivity index (χ0v) is 13.8. The first-order valence-electron chi connectivity index (χ1n) is 8.62. The summed E-state index contributed by atoms with van der Waals surface area (Å²) in [4.78, 5) is 30.9. The highest BCUT2D eigenvalue weighted by molar-refractivity contribution is 6.07. The molecule has 6 heteroatoms. The minimum atomic E-state index is -0.663. The summed E-state index contributed by atoms with van der Waals surface area (Å²) in [5.41, 5.74) is -0.663. The predicted molar refractivity (Wildman–Crippen MR) is 84.6 cm³/mol. The Labute approximate surface area is 132 Å². The highest BCUT2D eigenvalue weighted by Crippen LogP contribution is 2.29. The van der Waals surface area contributed by atoms with Gasteiger partial charge in [0, 0.05) is 32.2 Å². The second kappa shape index (κ2) is 6.16. The van der Waals surface area contributed by atoms with Crippen LogP contribution in [0.2, 0.25) is 0 Å². The number of hydrogen-bond acceptors (Lipinski definition) is 4. The van der Waals surface area contributed by atoms with Crippen LogP contribution in [0.25, 0.3) is 0 Å². The fraction of sp³-hybridized carbons (Fsp3) is 0.875. The molecule has 0 aromatic rings. The third-order valence-electron chi connectivity index (χ3n) is 5.24. The van der Waals surface area contributed by atoms with E-state index in [0.29, 0.717) is 6.54 Å². The Morgan fingerprint density at radius 2 is 1.73 bits per heavy atom. The molecule has 124 valence electrons. The molecule has 3 aliphatic rings. The number of hydrogen-bond donors (Lipinski definition) is 1. The third kappa shape index (κ3) is 2.86. The minimum Gasteiger partial charge on any atom is -0.322 e. The summed E-state index contributed by atoms with van der Waals surface area (Å²) in [5, 5.41) is 2.96. The minimum absolute atomic E-state index is 0.0343. The second-order valence-electron chi connectivity index (χ2n) is 7.21. The summed E-state index contributed by atoms with van der Waals surface area (Å²) in [6.07, 6.45) is 4.71. The van der Waals surface area contributed by atoms with Crippen molar-refractivity contribution in [2.75, 3.05) is 39.3 Å². The smallest absolute Gasteiger partial charge is 0.322 e. The molecule has 1 atom stereocenters. The summed E-state index contributed by atoms with van der Waals surface area (Å²) in [7, 11) is 0. The fourth-order valence-corrected chi connectivity index (χ4v) is 3.93. The normalized spacial score (nSPS) is 30.8. The largest absolute Gasteiger partial charge is 0.325 e. The Morgan fingerprint density at radius 1 is 1.05 bits per heavy atom. The lowest BCUT2D eigenvalue weighted by atomic mass is 9.98. The monoisotopic (exact) mass is 308 g/mol. The van der Waals surface area contributed by atoms with Crippen molar-refractivity contribution in [3.05, 3.63) is 0 Å². The molecule has 3 aliphatic heterocycles. The topological polar surface area (TPSA) is 55.9 Å². The molecular weight excluding hydrogens is 280 g/mol. The van der Waals surface area contributed by atoms with Gasteiger partial charge in [0.25, 0.3) is 5.91 Å². The first-order chi connectivity index (χ1) is 10.5. The van der Waals surface area contributed by atoms with E-state index >= 15 is 0 Å². The molecule has 3 fully saturated rings. The zero-order chi connectivity index (χ0) is 15.7. The maximum absolute atomic E-state index is 12.6. The number of carbonyl (C=O) groups is 2. The molecule has 1 spiro atoms. The van der Waals surface area contributed by atoms with Gasteiger partial charge >= 0.3 is 6.03 Å². The van der Waals surface area contributed by atoms with E-state index in [0.717, 1.165) is 26.1 Å². The third-order valence-corrected chi connectivity index (χ3v) is 5.24. The van der Waals surface area contributed by atoms with E-state index in [9.17, 15) is 9.59 Å². The average Bonchev–Trinajstić information content (AvgIpc) is 3.00. The van der Waals surface area contributed by atoms with Crippen LogP contribution in [0, 0.1) is 0 Å². The molecule has 22 heavy (non-hydrogen) atoms. The van der Waals surface area contributed by atoms with E-state index in [-0.39, 0.29) is 18.0 Å². The molecule has 0 saturated carbocycles. The van der Waals surface area contributed by atoms with Gasteiger partial charge in [-0.1, -0.05) is 6.42 Å². The van der Waals surface area contributed by atoms with E-state index in [1.165, 1.54) is 37.3 Å². The van der Waals surface area contributed by atoms with Crippen molar-refractivity contribution in [2.45, 2.75) is 51.1 Å². The van der Waals surface area contributed by atoms with Crippen LogP contribution in [-0.2, 0) is 4.79 Å². The van der Waals surface area contributed by atoms with Gasteiger partial charge in [-0.25, -0.2) is 4.79 Å². The van der Waals surface area contributed by atoms with Gasteiger partial charge in [0.15, 0.2) is 0 Å². The molecule has 0 aliphatic carbocycles. The molecule has 0 aromatic heterocycles. The first kappa shape index (κ1) is 15.7. The summed E-state index contributed by atoms with van der Waals surface area (Å²) in [6.45, 7) is 9.81. The average molecular weight is 308 g/mol. The highest BCUT2D eigenvalue weighted by atomic mass is 16.2. The highest BCUT2D eigenvalue weighted by Gasteiger charge is 2.55. The summed E-state index contributed by atoms with van der Waals surface area (Å²) in [5.74, 6) is -0.0343. The van der Waals surface area contributed by atoms with E-state index in [1.807, 2.05) is 13.8 Å². The van der Waals surface area contributed by atoms with Crippen LogP contribution in [0.4, 0.5) is 4.79 Å². The Bertz CT molecular complexity index is 447. The Hall–Kier alpha value is -1.14. The summed E-state index contributed by atoms with van der Waals surface area (Å²) < 4.78 is 0. The zero-order valence-electron chi connectivity index (χ0n) is 13.8. The molecule has 0 radical (unpaired) electrons. The van der Waals surface area contributed by atoms with Crippen molar-refractivity contribution in [3.8, 4) is 0 Å².